The minimum Gasteiger partial charge on any atom is -0.312 e. The van der Waals surface area contributed by atoms with Gasteiger partial charge in [0.15, 0.2) is 0 Å². The molecule has 0 aliphatic carbocycles. The first-order chi connectivity index (χ1) is 8.49. The molecule has 0 aliphatic heterocycles. The van der Waals surface area contributed by atoms with Gasteiger partial charge in [0, 0.05) is 23.2 Å². The van der Waals surface area contributed by atoms with E-state index < -0.39 is 10.0 Å². The first kappa shape index (κ1) is 16.0. The highest BCUT2D eigenvalue weighted by Gasteiger charge is 2.19. The molecule has 4 nitrogen and oxygen atoms in total. The van der Waals surface area contributed by atoms with Gasteiger partial charge in [-0.3, -0.25) is 0 Å². The third-order valence-electron chi connectivity index (χ3n) is 2.22. The van der Waals surface area contributed by atoms with Crippen LogP contribution in [0.1, 0.15) is 18.7 Å². The topological polar surface area (TPSA) is 58.2 Å². The Bertz CT molecular complexity index is 457. The van der Waals surface area contributed by atoms with Crippen molar-refractivity contribution in [2.75, 3.05) is 18.6 Å². The van der Waals surface area contributed by atoms with E-state index in [9.17, 15) is 8.42 Å². The standard InChI is InChI=1S/C11H20N2O2S3/c1-4-12-7-10-5-6-11(17-10)18(14,15)13-9(2)8-16-3/h5-6,9,12-13H,4,7-8H2,1-3H3. The van der Waals surface area contributed by atoms with Gasteiger partial charge >= 0.3 is 0 Å². The van der Waals surface area contributed by atoms with E-state index in [1.165, 1.54) is 11.3 Å². The number of rotatable bonds is 8. The number of hydrogen-bond acceptors (Lipinski definition) is 5. The van der Waals surface area contributed by atoms with Gasteiger partial charge < -0.3 is 5.32 Å². The van der Waals surface area contributed by atoms with Crippen molar-refractivity contribution in [3.05, 3.63) is 17.0 Å². The molecule has 0 amide bonds. The molecular weight excluding hydrogens is 288 g/mol. The van der Waals surface area contributed by atoms with Crippen LogP contribution in [0, 0.1) is 0 Å². The number of thioether (sulfide) groups is 1. The maximum absolute atomic E-state index is 12.1. The Morgan fingerprint density at radius 2 is 2.17 bits per heavy atom. The Morgan fingerprint density at radius 1 is 1.44 bits per heavy atom. The molecule has 104 valence electrons. The predicted molar refractivity (Wildman–Crippen MR) is 79.9 cm³/mol. The largest absolute Gasteiger partial charge is 0.312 e. The second kappa shape index (κ2) is 7.49. The zero-order chi connectivity index (χ0) is 13.6. The van der Waals surface area contributed by atoms with Crippen LogP contribution in [0.15, 0.2) is 16.3 Å². The van der Waals surface area contributed by atoms with Crippen LogP contribution in [-0.4, -0.2) is 33.0 Å². The smallest absolute Gasteiger partial charge is 0.250 e. The Balaban J connectivity index is 2.69. The molecule has 1 heterocycles. The summed E-state index contributed by atoms with van der Waals surface area (Å²) in [5, 5.41) is 3.18. The lowest BCUT2D eigenvalue weighted by Crippen LogP contribution is -2.33. The van der Waals surface area contributed by atoms with E-state index in [1.54, 1.807) is 17.8 Å². The van der Waals surface area contributed by atoms with Crippen molar-refractivity contribution in [2.24, 2.45) is 0 Å². The van der Waals surface area contributed by atoms with Crippen LogP contribution in [0.2, 0.25) is 0 Å². The summed E-state index contributed by atoms with van der Waals surface area (Å²) in [6, 6.07) is 3.48. The van der Waals surface area contributed by atoms with Crippen LogP contribution < -0.4 is 10.0 Å². The number of nitrogens with one attached hydrogen (secondary N) is 2. The highest BCUT2D eigenvalue weighted by atomic mass is 32.2. The van der Waals surface area contributed by atoms with Crippen molar-refractivity contribution in [3.8, 4) is 0 Å². The molecule has 0 aliphatic rings. The van der Waals surface area contributed by atoms with E-state index in [4.69, 9.17) is 0 Å². The minimum absolute atomic E-state index is 0.0516. The molecule has 2 N–H and O–H groups in total. The fourth-order valence-electron chi connectivity index (χ4n) is 1.45. The predicted octanol–water partition coefficient (Wildman–Crippen LogP) is 1.89. The molecule has 7 heteroatoms. The van der Waals surface area contributed by atoms with Gasteiger partial charge in [-0.2, -0.15) is 11.8 Å². The van der Waals surface area contributed by atoms with Gasteiger partial charge in [0.1, 0.15) is 4.21 Å². The van der Waals surface area contributed by atoms with Crippen LogP contribution >= 0.6 is 23.1 Å². The quantitative estimate of drug-likeness (QED) is 0.770. The van der Waals surface area contributed by atoms with Crippen molar-refractivity contribution in [3.63, 3.8) is 0 Å². The normalized spacial score (nSPS) is 13.7. The molecule has 1 rings (SSSR count). The van der Waals surface area contributed by atoms with Gasteiger partial charge in [-0.25, -0.2) is 13.1 Å². The molecule has 18 heavy (non-hydrogen) atoms. The second-order valence-corrected chi connectivity index (χ2v) is 8.00. The van der Waals surface area contributed by atoms with Crippen molar-refractivity contribution < 1.29 is 8.42 Å². The SMILES string of the molecule is CCNCc1ccc(S(=O)(=O)NC(C)CSC)s1. The van der Waals surface area contributed by atoms with Gasteiger partial charge in [0.25, 0.3) is 0 Å². The van der Waals surface area contributed by atoms with Crippen molar-refractivity contribution in [1.29, 1.82) is 0 Å². The van der Waals surface area contributed by atoms with Crippen molar-refractivity contribution >= 4 is 33.1 Å². The monoisotopic (exact) mass is 308 g/mol. The Morgan fingerprint density at radius 3 is 2.78 bits per heavy atom. The van der Waals surface area contributed by atoms with E-state index in [2.05, 4.69) is 10.0 Å². The molecule has 1 unspecified atom stereocenters. The number of thiophene rings is 1. The third kappa shape index (κ3) is 4.89. The fraction of sp³-hybridized carbons (Fsp3) is 0.636. The molecule has 0 fully saturated rings. The lowest BCUT2D eigenvalue weighted by molar-refractivity contribution is 0.573. The molecule has 0 saturated carbocycles. The van der Waals surface area contributed by atoms with Crippen LogP contribution in [0.25, 0.3) is 0 Å². The van der Waals surface area contributed by atoms with Gasteiger partial charge in [0.2, 0.25) is 10.0 Å². The van der Waals surface area contributed by atoms with E-state index in [0.29, 0.717) is 4.21 Å². The first-order valence-corrected chi connectivity index (χ1v) is 9.49. The Kier molecular flexibility index (Phi) is 6.65. The molecule has 1 aromatic heterocycles. The summed E-state index contributed by atoms with van der Waals surface area (Å²) in [4.78, 5) is 1.04. The first-order valence-electron chi connectivity index (χ1n) is 5.80. The average molecular weight is 308 g/mol. The highest BCUT2D eigenvalue weighted by molar-refractivity contribution is 7.98. The molecule has 0 bridgehead atoms. The van der Waals surface area contributed by atoms with Crippen LogP contribution in [0.5, 0.6) is 0 Å². The van der Waals surface area contributed by atoms with Gasteiger partial charge in [-0.15, -0.1) is 11.3 Å². The van der Waals surface area contributed by atoms with Gasteiger partial charge in [-0.1, -0.05) is 6.92 Å². The third-order valence-corrected chi connectivity index (χ3v) is 6.22. The van der Waals surface area contributed by atoms with E-state index in [0.717, 1.165) is 23.7 Å². The zero-order valence-electron chi connectivity index (χ0n) is 10.9. The highest BCUT2D eigenvalue weighted by Crippen LogP contribution is 2.21. The summed E-state index contributed by atoms with van der Waals surface area (Å²) in [6.45, 7) is 5.50. The van der Waals surface area contributed by atoms with Gasteiger partial charge in [0.05, 0.1) is 0 Å². The van der Waals surface area contributed by atoms with Crippen LogP contribution in [-0.2, 0) is 16.6 Å². The number of sulfonamides is 1. The minimum atomic E-state index is -3.36. The molecule has 0 aromatic carbocycles. The van der Waals surface area contributed by atoms with E-state index in [-0.39, 0.29) is 6.04 Å². The van der Waals surface area contributed by atoms with E-state index in [1.807, 2.05) is 26.2 Å². The lowest BCUT2D eigenvalue weighted by atomic mass is 10.4. The second-order valence-electron chi connectivity index (χ2n) is 3.98. The maximum Gasteiger partial charge on any atom is 0.250 e. The molecular formula is C11H20N2O2S3. The van der Waals surface area contributed by atoms with Crippen LogP contribution in [0.4, 0.5) is 0 Å². The summed E-state index contributed by atoms with van der Waals surface area (Å²) >= 11 is 2.95. The zero-order valence-corrected chi connectivity index (χ0v) is 13.3. The average Bonchev–Trinajstić information content (AvgIpc) is 2.75. The maximum atomic E-state index is 12.1. The summed E-state index contributed by atoms with van der Waals surface area (Å²) in [7, 11) is -3.36. The summed E-state index contributed by atoms with van der Waals surface area (Å²) in [5.41, 5.74) is 0. The Labute approximate surface area is 118 Å². The van der Waals surface area contributed by atoms with Gasteiger partial charge in [-0.05, 0) is 31.9 Å². The molecule has 1 aromatic rings. The summed E-state index contributed by atoms with van der Waals surface area (Å²) in [6.07, 6.45) is 1.96. The summed E-state index contributed by atoms with van der Waals surface area (Å²) in [5.74, 6) is 0.773. The molecule has 0 saturated heterocycles. The Hall–Kier alpha value is -0.0800. The van der Waals surface area contributed by atoms with Crippen molar-refractivity contribution in [1.82, 2.24) is 10.0 Å². The molecule has 0 radical (unpaired) electrons. The van der Waals surface area contributed by atoms with E-state index >= 15 is 0 Å². The fourth-order valence-corrected chi connectivity index (χ4v) is 4.73. The summed E-state index contributed by atoms with van der Waals surface area (Å²) < 4.78 is 27.2. The number of hydrogen-bond donors (Lipinski definition) is 2. The van der Waals surface area contributed by atoms with Crippen LogP contribution in [0.3, 0.4) is 0 Å². The molecule has 0 spiro atoms. The van der Waals surface area contributed by atoms with Crippen molar-refractivity contribution in [2.45, 2.75) is 30.6 Å². The molecule has 1 atom stereocenters. The lowest BCUT2D eigenvalue weighted by Gasteiger charge is -2.11.